The summed E-state index contributed by atoms with van der Waals surface area (Å²) >= 11 is 1.21. The van der Waals surface area contributed by atoms with Gasteiger partial charge in [-0.25, -0.2) is 9.29 Å². The zero-order valence-corrected chi connectivity index (χ0v) is 17.3. The molecule has 1 aliphatic rings. The number of hydrogen-bond donors (Lipinski definition) is 1. The van der Waals surface area contributed by atoms with Crippen LogP contribution in [0.25, 0.3) is 5.57 Å². The lowest BCUT2D eigenvalue weighted by molar-refractivity contribution is -0.120. The predicted molar refractivity (Wildman–Crippen MR) is 119 cm³/mol. The fourth-order valence-corrected chi connectivity index (χ4v) is 4.23. The van der Waals surface area contributed by atoms with Crippen molar-refractivity contribution < 1.29 is 18.8 Å². The molecule has 0 aromatic heterocycles. The Labute approximate surface area is 182 Å². The molecule has 0 bridgehead atoms. The van der Waals surface area contributed by atoms with Gasteiger partial charge in [0.05, 0.1) is 16.2 Å². The van der Waals surface area contributed by atoms with E-state index in [1.165, 1.54) is 43.0 Å². The normalized spacial score (nSPS) is 13.7. The number of imide groups is 1. The molecule has 0 fully saturated rings. The van der Waals surface area contributed by atoms with Crippen molar-refractivity contribution in [3.8, 4) is 0 Å². The van der Waals surface area contributed by atoms with Gasteiger partial charge in [-0.05, 0) is 54.1 Å². The van der Waals surface area contributed by atoms with Gasteiger partial charge in [-0.15, -0.1) is 0 Å². The van der Waals surface area contributed by atoms with Crippen molar-refractivity contribution in [1.82, 2.24) is 0 Å². The van der Waals surface area contributed by atoms with E-state index in [2.05, 4.69) is 5.32 Å². The Bertz CT molecular complexity index is 1190. The summed E-state index contributed by atoms with van der Waals surface area (Å²) in [5, 5.41) is 2.68. The number of carbonyl (C=O) groups is 3. The molecule has 0 saturated carbocycles. The van der Waals surface area contributed by atoms with Crippen molar-refractivity contribution in [2.75, 3.05) is 10.2 Å². The van der Waals surface area contributed by atoms with Crippen LogP contribution in [-0.4, -0.2) is 17.7 Å². The van der Waals surface area contributed by atoms with Gasteiger partial charge in [0.2, 0.25) is 5.91 Å². The summed E-state index contributed by atoms with van der Waals surface area (Å²) in [6, 6.07) is 21.2. The zero-order chi connectivity index (χ0) is 22.0. The standard InChI is InChI=1S/C24H17FN2O3S/c1-15(28)26-18-11-7-16(8-12-18)21-22(31-20-5-3-2-4-6-20)24(30)27(23(21)29)19-13-9-17(25)10-14-19/h2-14H,1H3,(H,26,28). The molecule has 3 aromatic rings. The van der Waals surface area contributed by atoms with Gasteiger partial charge in [0, 0.05) is 17.5 Å². The van der Waals surface area contributed by atoms with E-state index in [-0.39, 0.29) is 16.4 Å². The number of amides is 3. The average Bonchev–Trinajstić information content (AvgIpc) is 2.99. The summed E-state index contributed by atoms with van der Waals surface area (Å²) in [7, 11) is 0. The van der Waals surface area contributed by atoms with E-state index >= 15 is 0 Å². The van der Waals surface area contributed by atoms with Gasteiger partial charge in [0.1, 0.15) is 5.82 Å². The lowest BCUT2D eigenvalue weighted by Crippen LogP contribution is -2.31. The van der Waals surface area contributed by atoms with E-state index in [9.17, 15) is 18.8 Å². The van der Waals surface area contributed by atoms with Crippen LogP contribution in [0.15, 0.2) is 88.7 Å². The number of nitrogens with zero attached hydrogens (tertiary/aromatic N) is 1. The number of hydrogen-bond acceptors (Lipinski definition) is 4. The molecule has 31 heavy (non-hydrogen) atoms. The second-order valence-electron chi connectivity index (χ2n) is 6.80. The third kappa shape index (κ3) is 4.27. The Morgan fingerprint density at radius 2 is 1.52 bits per heavy atom. The first-order chi connectivity index (χ1) is 14.9. The summed E-state index contributed by atoms with van der Waals surface area (Å²) in [5.41, 5.74) is 1.70. The molecule has 1 aliphatic heterocycles. The van der Waals surface area contributed by atoms with E-state index in [1.54, 1.807) is 24.3 Å². The molecule has 0 saturated heterocycles. The van der Waals surface area contributed by atoms with Gasteiger partial charge in [-0.2, -0.15) is 0 Å². The molecule has 0 spiro atoms. The Kier molecular flexibility index (Phi) is 5.68. The van der Waals surface area contributed by atoms with Crippen LogP contribution in [0, 0.1) is 5.82 Å². The topological polar surface area (TPSA) is 66.5 Å². The maximum Gasteiger partial charge on any atom is 0.272 e. The second kappa shape index (κ2) is 8.57. The Hall–Kier alpha value is -3.71. The number of benzene rings is 3. The maximum absolute atomic E-state index is 13.4. The fraction of sp³-hybridized carbons (Fsp3) is 0.0417. The van der Waals surface area contributed by atoms with Gasteiger partial charge in [0.25, 0.3) is 11.8 Å². The first kappa shape index (κ1) is 20.6. The molecule has 0 aliphatic carbocycles. The van der Waals surface area contributed by atoms with Crippen molar-refractivity contribution in [1.29, 1.82) is 0 Å². The van der Waals surface area contributed by atoms with E-state index in [0.29, 0.717) is 16.9 Å². The summed E-state index contributed by atoms with van der Waals surface area (Å²) in [4.78, 5) is 40.0. The van der Waals surface area contributed by atoms with Crippen LogP contribution in [0.3, 0.4) is 0 Å². The van der Waals surface area contributed by atoms with Gasteiger partial charge in [-0.1, -0.05) is 42.1 Å². The van der Waals surface area contributed by atoms with Crippen LogP contribution in [-0.2, 0) is 14.4 Å². The van der Waals surface area contributed by atoms with Crippen LogP contribution in [0.2, 0.25) is 0 Å². The summed E-state index contributed by atoms with van der Waals surface area (Å²) in [5.74, 6) is -1.61. The molecule has 7 heteroatoms. The van der Waals surface area contributed by atoms with Gasteiger partial charge in [0.15, 0.2) is 0 Å². The highest BCUT2D eigenvalue weighted by atomic mass is 32.2. The summed E-state index contributed by atoms with van der Waals surface area (Å²) in [6.45, 7) is 1.41. The van der Waals surface area contributed by atoms with Gasteiger partial charge in [-0.3, -0.25) is 14.4 Å². The number of rotatable bonds is 5. The minimum Gasteiger partial charge on any atom is -0.326 e. The first-order valence-electron chi connectivity index (χ1n) is 9.43. The molecular formula is C24H17FN2O3S. The first-order valence-corrected chi connectivity index (χ1v) is 10.3. The molecule has 3 amide bonds. The fourth-order valence-electron chi connectivity index (χ4n) is 3.21. The van der Waals surface area contributed by atoms with Crippen molar-refractivity contribution >= 4 is 46.4 Å². The molecule has 0 atom stereocenters. The van der Waals surface area contributed by atoms with Crippen LogP contribution in [0.4, 0.5) is 15.8 Å². The quantitative estimate of drug-likeness (QED) is 0.585. The van der Waals surface area contributed by atoms with Crippen LogP contribution < -0.4 is 10.2 Å². The molecule has 154 valence electrons. The molecular weight excluding hydrogens is 415 g/mol. The van der Waals surface area contributed by atoms with Crippen LogP contribution in [0.1, 0.15) is 12.5 Å². The monoisotopic (exact) mass is 432 g/mol. The van der Waals surface area contributed by atoms with Crippen molar-refractivity contribution in [3.05, 3.63) is 95.1 Å². The minimum atomic E-state index is -0.484. The highest BCUT2D eigenvalue weighted by Crippen LogP contribution is 2.41. The van der Waals surface area contributed by atoms with Crippen molar-refractivity contribution in [3.63, 3.8) is 0 Å². The molecule has 3 aromatic carbocycles. The molecule has 1 N–H and O–H groups in total. The molecule has 5 nitrogen and oxygen atoms in total. The predicted octanol–water partition coefficient (Wildman–Crippen LogP) is 4.86. The smallest absolute Gasteiger partial charge is 0.272 e. The Balaban J connectivity index is 1.77. The highest BCUT2D eigenvalue weighted by molar-refractivity contribution is 8.04. The summed E-state index contributed by atoms with van der Waals surface area (Å²) < 4.78 is 13.4. The van der Waals surface area contributed by atoms with Gasteiger partial charge >= 0.3 is 0 Å². The number of halogens is 1. The van der Waals surface area contributed by atoms with Crippen molar-refractivity contribution in [2.45, 2.75) is 11.8 Å². The largest absolute Gasteiger partial charge is 0.326 e. The zero-order valence-electron chi connectivity index (χ0n) is 16.5. The molecule has 0 radical (unpaired) electrons. The Morgan fingerprint density at radius 1 is 0.871 bits per heavy atom. The van der Waals surface area contributed by atoms with Crippen LogP contribution >= 0.6 is 11.8 Å². The average molecular weight is 432 g/mol. The molecule has 4 rings (SSSR count). The minimum absolute atomic E-state index is 0.207. The number of carbonyl (C=O) groups excluding carboxylic acids is 3. The Morgan fingerprint density at radius 3 is 2.13 bits per heavy atom. The number of thioether (sulfide) groups is 1. The second-order valence-corrected chi connectivity index (χ2v) is 7.88. The lowest BCUT2D eigenvalue weighted by Gasteiger charge is -2.15. The number of anilines is 2. The maximum atomic E-state index is 13.4. The lowest BCUT2D eigenvalue weighted by atomic mass is 10.1. The summed E-state index contributed by atoms with van der Waals surface area (Å²) in [6.07, 6.45) is 0. The number of nitrogens with one attached hydrogen (secondary N) is 1. The van der Waals surface area contributed by atoms with Crippen molar-refractivity contribution in [2.24, 2.45) is 0 Å². The van der Waals surface area contributed by atoms with E-state index in [4.69, 9.17) is 0 Å². The van der Waals surface area contributed by atoms with Gasteiger partial charge < -0.3 is 5.32 Å². The SMILES string of the molecule is CC(=O)Nc1ccc(C2=C(Sc3ccccc3)C(=O)N(c3ccc(F)cc3)C2=O)cc1. The third-order valence-corrected chi connectivity index (χ3v) is 5.67. The van der Waals surface area contributed by atoms with E-state index < -0.39 is 17.6 Å². The molecule has 1 heterocycles. The van der Waals surface area contributed by atoms with E-state index in [1.807, 2.05) is 30.3 Å². The van der Waals surface area contributed by atoms with Crippen LogP contribution in [0.5, 0.6) is 0 Å². The molecule has 0 unspecified atom stereocenters. The van der Waals surface area contributed by atoms with E-state index in [0.717, 1.165) is 9.80 Å². The third-order valence-electron chi connectivity index (χ3n) is 4.58. The highest BCUT2D eigenvalue weighted by Gasteiger charge is 2.40.